The summed E-state index contributed by atoms with van der Waals surface area (Å²) in [6.45, 7) is 0.226. The summed E-state index contributed by atoms with van der Waals surface area (Å²) in [5.41, 5.74) is 2.14. The molecular formula is C20H16FN3O3. The number of pyridine rings is 1. The minimum Gasteiger partial charge on any atom is -0.454 e. The largest absolute Gasteiger partial charge is 0.454 e. The third-order valence-corrected chi connectivity index (χ3v) is 3.97. The maximum Gasteiger partial charge on any atom is 0.231 e. The first-order valence-electron chi connectivity index (χ1n) is 8.33. The molecule has 0 atom stereocenters. The molecule has 0 bridgehead atoms. The van der Waals surface area contributed by atoms with Crippen molar-refractivity contribution in [3.63, 3.8) is 0 Å². The van der Waals surface area contributed by atoms with Crippen molar-refractivity contribution in [2.24, 2.45) is 0 Å². The molecule has 0 radical (unpaired) electrons. The van der Waals surface area contributed by atoms with Crippen LogP contribution in [0.5, 0.6) is 11.5 Å². The van der Waals surface area contributed by atoms with E-state index in [-0.39, 0.29) is 24.9 Å². The Morgan fingerprint density at radius 3 is 2.56 bits per heavy atom. The molecule has 0 saturated carbocycles. The van der Waals surface area contributed by atoms with Gasteiger partial charge < -0.3 is 20.1 Å². The van der Waals surface area contributed by atoms with Crippen molar-refractivity contribution in [3.8, 4) is 11.5 Å². The van der Waals surface area contributed by atoms with E-state index in [1.807, 2.05) is 18.2 Å². The van der Waals surface area contributed by atoms with Crippen LogP contribution in [0, 0.1) is 5.82 Å². The zero-order valence-corrected chi connectivity index (χ0v) is 14.2. The van der Waals surface area contributed by atoms with E-state index >= 15 is 0 Å². The van der Waals surface area contributed by atoms with Gasteiger partial charge in [0.25, 0.3) is 0 Å². The summed E-state index contributed by atoms with van der Waals surface area (Å²) >= 11 is 0. The molecule has 1 aliphatic heterocycles. The second-order valence-corrected chi connectivity index (χ2v) is 5.98. The Hall–Kier alpha value is -3.61. The van der Waals surface area contributed by atoms with Gasteiger partial charge in [0.1, 0.15) is 11.6 Å². The summed E-state index contributed by atoms with van der Waals surface area (Å²) in [6, 6.07) is 14.9. The fraction of sp³-hybridized carbons (Fsp3) is 0.100. The van der Waals surface area contributed by atoms with E-state index in [2.05, 4.69) is 15.6 Å². The number of hydrogen-bond acceptors (Lipinski definition) is 5. The van der Waals surface area contributed by atoms with Gasteiger partial charge in [-0.3, -0.25) is 4.79 Å². The Balaban J connectivity index is 1.35. The van der Waals surface area contributed by atoms with Gasteiger partial charge in [-0.25, -0.2) is 9.37 Å². The highest BCUT2D eigenvalue weighted by atomic mass is 19.1. The molecule has 0 spiro atoms. The van der Waals surface area contributed by atoms with E-state index in [9.17, 15) is 9.18 Å². The molecule has 7 heteroatoms. The van der Waals surface area contributed by atoms with Crippen LogP contribution in [0.2, 0.25) is 0 Å². The van der Waals surface area contributed by atoms with Crippen LogP contribution in [0.1, 0.15) is 5.56 Å². The molecule has 6 nitrogen and oxygen atoms in total. The first-order chi connectivity index (χ1) is 13.2. The third kappa shape index (κ3) is 4.14. The van der Waals surface area contributed by atoms with Crippen molar-refractivity contribution in [1.29, 1.82) is 0 Å². The fourth-order valence-corrected chi connectivity index (χ4v) is 2.66. The molecule has 3 aromatic rings. The average Bonchev–Trinajstić information content (AvgIpc) is 3.13. The summed E-state index contributed by atoms with van der Waals surface area (Å²) < 4.78 is 23.5. The molecule has 27 heavy (non-hydrogen) atoms. The minimum atomic E-state index is -0.325. The number of amides is 1. The van der Waals surface area contributed by atoms with E-state index in [4.69, 9.17) is 9.47 Å². The lowest BCUT2D eigenvalue weighted by Crippen LogP contribution is -2.14. The summed E-state index contributed by atoms with van der Waals surface area (Å²) in [5, 5.41) is 5.93. The quantitative estimate of drug-likeness (QED) is 0.718. The fourth-order valence-electron chi connectivity index (χ4n) is 2.66. The van der Waals surface area contributed by atoms with Gasteiger partial charge in [0, 0.05) is 11.8 Å². The molecule has 1 aromatic heterocycles. The Kier molecular flexibility index (Phi) is 4.57. The topological polar surface area (TPSA) is 72.5 Å². The molecule has 1 aliphatic rings. The van der Waals surface area contributed by atoms with Crippen LogP contribution in [0.15, 0.2) is 60.8 Å². The lowest BCUT2D eigenvalue weighted by Gasteiger charge is -2.08. The van der Waals surface area contributed by atoms with Crippen molar-refractivity contribution in [1.82, 2.24) is 4.98 Å². The standard InChI is InChI=1S/C20H16FN3O3/c21-14-3-1-13(2-4-14)9-20(25)24-16-6-8-19(22-11-16)23-15-5-7-17-18(10-15)27-12-26-17/h1-8,10-11H,9,12H2,(H,22,23)(H,24,25). The Morgan fingerprint density at radius 1 is 1.00 bits per heavy atom. The number of halogens is 1. The molecule has 0 unspecified atom stereocenters. The number of anilines is 3. The third-order valence-electron chi connectivity index (χ3n) is 3.97. The van der Waals surface area contributed by atoms with Crippen LogP contribution < -0.4 is 20.1 Å². The zero-order chi connectivity index (χ0) is 18.6. The Bertz CT molecular complexity index is 959. The number of benzene rings is 2. The molecule has 0 fully saturated rings. The number of aromatic nitrogens is 1. The number of nitrogens with one attached hydrogen (secondary N) is 2. The number of nitrogens with zero attached hydrogens (tertiary/aromatic N) is 1. The van der Waals surface area contributed by atoms with Crippen LogP contribution in [-0.2, 0) is 11.2 Å². The summed E-state index contributed by atoms with van der Waals surface area (Å²) in [7, 11) is 0. The zero-order valence-electron chi connectivity index (χ0n) is 14.2. The maximum absolute atomic E-state index is 12.9. The van der Waals surface area contributed by atoms with Crippen LogP contribution in [-0.4, -0.2) is 17.7 Å². The average molecular weight is 365 g/mol. The van der Waals surface area contributed by atoms with Crippen molar-refractivity contribution in [3.05, 3.63) is 72.2 Å². The molecule has 2 N–H and O–H groups in total. The maximum atomic E-state index is 12.9. The molecular weight excluding hydrogens is 349 g/mol. The highest BCUT2D eigenvalue weighted by molar-refractivity contribution is 5.92. The molecule has 2 aromatic carbocycles. The number of ether oxygens (including phenoxy) is 2. The van der Waals surface area contributed by atoms with Gasteiger partial charge in [-0.2, -0.15) is 0 Å². The molecule has 0 aliphatic carbocycles. The first kappa shape index (κ1) is 16.8. The van der Waals surface area contributed by atoms with E-state index < -0.39 is 0 Å². The van der Waals surface area contributed by atoms with Crippen molar-refractivity contribution >= 4 is 23.1 Å². The number of carbonyl (C=O) groups excluding carboxylic acids is 1. The van der Waals surface area contributed by atoms with Crippen LogP contribution in [0.3, 0.4) is 0 Å². The SMILES string of the molecule is O=C(Cc1ccc(F)cc1)Nc1ccc(Nc2ccc3c(c2)OCO3)nc1. The van der Waals surface area contributed by atoms with Crippen LogP contribution >= 0.6 is 0 Å². The minimum absolute atomic E-state index is 0.164. The van der Waals surface area contributed by atoms with E-state index in [1.165, 1.54) is 12.1 Å². The monoisotopic (exact) mass is 365 g/mol. The Labute approximate surface area is 155 Å². The molecule has 4 rings (SSSR count). The summed E-state index contributed by atoms with van der Waals surface area (Å²) in [6.07, 6.45) is 1.73. The van der Waals surface area contributed by atoms with Crippen LogP contribution in [0.25, 0.3) is 0 Å². The van der Waals surface area contributed by atoms with Crippen LogP contribution in [0.4, 0.5) is 21.6 Å². The predicted octanol–water partition coefficient (Wildman–Crippen LogP) is 3.87. The van der Waals surface area contributed by atoms with E-state index in [0.717, 1.165) is 11.3 Å². The lowest BCUT2D eigenvalue weighted by atomic mass is 10.1. The lowest BCUT2D eigenvalue weighted by molar-refractivity contribution is -0.115. The number of rotatable bonds is 5. The van der Waals surface area contributed by atoms with Gasteiger partial charge in [0.05, 0.1) is 18.3 Å². The second-order valence-electron chi connectivity index (χ2n) is 5.98. The Morgan fingerprint density at radius 2 is 1.78 bits per heavy atom. The highest BCUT2D eigenvalue weighted by Gasteiger charge is 2.13. The van der Waals surface area contributed by atoms with Gasteiger partial charge >= 0.3 is 0 Å². The van der Waals surface area contributed by atoms with Crippen molar-refractivity contribution in [2.75, 3.05) is 17.4 Å². The first-order valence-corrected chi connectivity index (χ1v) is 8.33. The van der Waals surface area contributed by atoms with Gasteiger partial charge in [0.15, 0.2) is 11.5 Å². The van der Waals surface area contributed by atoms with Gasteiger partial charge in [-0.15, -0.1) is 0 Å². The van der Waals surface area contributed by atoms with E-state index in [1.54, 1.807) is 30.5 Å². The summed E-state index contributed by atoms with van der Waals surface area (Å²) in [4.78, 5) is 16.4. The molecule has 2 heterocycles. The number of hydrogen-bond donors (Lipinski definition) is 2. The predicted molar refractivity (Wildman–Crippen MR) is 98.8 cm³/mol. The van der Waals surface area contributed by atoms with Gasteiger partial charge in [-0.1, -0.05) is 12.1 Å². The van der Waals surface area contributed by atoms with Crippen molar-refractivity contribution < 1.29 is 18.7 Å². The number of carbonyl (C=O) groups is 1. The molecule has 1 amide bonds. The van der Waals surface area contributed by atoms with E-state index in [0.29, 0.717) is 23.0 Å². The number of fused-ring (bicyclic) bond motifs is 1. The summed E-state index contributed by atoms with van der Waals surface area (Å²) in [5.74, 6) is 1.51. The molecule has 136 valence electrons. The van der Waals surface area contributed by atoms with Gasteiger partial charge in [0.2, 0.25) is 12.7 Å². The smallest absolute Gasteiger partial charge is 0.231 e. The van der Waals surface area contributed by atoms with Crippen molar-refractivity contribution in [2.45, 2.75) is 6.42 Å². The van der Waals surface area contributed by atoms with Gasteiger partial charge in [-0.05, 0) is 42.0 Å². The normalized spacial score (nSPS) is 11.9. The second kappa shape index (κ2) is 7.33. The molecule has 0 saturated heterocycles. The highest BCUT2D eigenvalue weighted by Crippen LogP contribution is 2.34.